The summed E-state index contributed by atoms with van der Waals surface area (Å²) in [6.07, 6.45) is 2.85. The van der Waals surface area contributed by atoms with Crippen LogP contribution in [0.4, 0.5) is 5.69 Å². The van der Waals surface area contributed by atoms with Crippen LogP contribution in [-0.2, 0) is 16.0 Å². The van der Waals surface area contributed by atoms with E-state index in [1.807, 2.05) is 48.5 Å². The van der Waals surface area contributed by atoms with Crippen molar-refractivity contribution in [3.8, 4) is 0 Å². The van der Waals surface area contributed by atoms with Crippen LogP contribution in [0.3, 0.4) is 0 Å². The lowest BCUT2D eigenvalue weighted by Crippen LogP contribution is -2.30. The Hall–Kier alpha value is -3.99. The molecule has 0 radical (unpaired) electrons. The van der Waals surface area contributed by atoms with Crippen LogP contribution >= 0.6 is 0 Å². The highest BCUT2D eigenvalue weighted by molar-refractivity contribution is 6.13. The second kappa shape index (κ2) is 8.87. The minimum atomic E-state index is -0.426. The first-order chi connectivity index (χ1) is 16.1. The number of hydrogen-bond donors (Lipinski definition) is 1. The summed E-state index contributed by atoms with van der Waals surface area (Å²) in [7, 11) is 0. The van der Waals surface area contributed by atoms with Gasteiger partial charge in [-0.15, -0.1) is 0 Å². The third kappa shape index (κ3) is 4.10. The average molecular weight is 436 g/mol. The molecule has 1 fully saturated rings. The highest BCUT2D eigenvalue weighted by Gasteiger charge is 2.35. The van der Waals surface area contributed by atoms with Crippen molar-refractivity contribution >= 4 is 45.3 Å². The number of nitrogens with zero attached hydrogens (tertiary/aromatic N) is 2. The van der Waals surface area contributed by atoms with Crippen LogP contribution in [-0.4, -0.2) is 24.6 Å². The molecule has 1 heterocycles. The maximum Gasteiger partial charge on any atom is 0.245 e. The zero-order valence-electron chi connectivity index (χ0n) is 18.5. The van der Waals surface area contributed by atoms with Crippen molar-refractivity contribution in [3.63, 3.8) is 0 Å². The number of hydrazone groups is 1. The van der Waals surface area contributed by atoms with Gasteiger partial charge in [0.2, 0.25) is 11.8 Å². The first kappa shape index (κ1) is 20.9. The van der Waals surface area contributed by atoms with Gasteiger partial charge in [-0.25, -0.2) is 5.43 Å². The van der Waals surface area contributed by atoms with Crippen molar-refractivity contribution in [2.45, 2.75) is 19.8 Å². The van der Waals surface area contributed by atoms with E-state index in [0.29, 0.717) is 6.54 Å². The molecular weight excluding hydrogens is 410 g/mol. The number of amides is 2. The van der Waals surface area contributed by atoms with Gasteiger partial charge in [0.05, 0.1) is 12.1 Å². The van der Waals surface area contributed by atoms with E-state index >= 15 is 0 Å². The van der Waals surface area contributed by atoms with E-state index in [0.717, 1.165) is 39.2 Å². The van der Waals surface area contributed by atoms with Crippen molar-refractivity contribution in [3.05, 3.63) is 90.0 Å². The fourth-order valence-electron chi connectivity index (χ4n) is 4.48. The molecule has 164 valence electrons. The van der Waals surface area contributed by atoms with E-state index in [1.165, 1.54) is 5.56 Å². The number of carbonyl (C=O) groups is 2. The second-order valence-corrected chi connectivity index (χ2v) is 8.39. The average Bonchev–Trinajstić information content (AvgIpc) is 3.25. The van der Waals surface area contributed by atoms with Gasteiger partial charge in [0.25, 0.3) is 0 Å². The third-order valence-corrected chi connectivity index (χ3v) is 6.33. The zero-order chi connectivity index (χ0) is 22.8. The molecule has 33 heavy (non-hydrogen) atoms. The van der Waals surface area contributed by atoms with Gasteiger partial charge < -0.3 is 4.90 Å². The van der Waals surface area contributed by atoms with E-state index in [2.05, 4.69) is 47.8 Å². The maximum atomic E-state index is 12.8. The predicted octanol–water partition coefficient (Wildman–Crippen LogP) is 5.06. The number of fused-ring (bicyclic) bond motifs is 2. The molecule has 4 aromatic carbocycles. The summed E-state index contributed by atoms with van der Waals surface area (Å²) in [6, 6.07) is 26.4. The number of rotatable bonds is 5. The minimum absolute atomic E-state index is 0.0385. The standard InChI is InChI=1S/C28H25N3O2/c1-2-19-11-13-23(14-12-19)31-18-22(16-27(31)32)28(33)30-29-17-26-24-9-5-3-7-20(24)15-21-8-4-6-10-25(21)26/h3-15,17,22H,2,16,18H2,1H3,(H,30,33)/b29-17+/t22-/m0/s1. The molecule has 2 amide bonds. The monoisotopic (exact) mass is 435 g/mol. The number of carbonyl (C=O) groups excluding carboxylic acids is 2. The molecule has 1 aliphatic heterocycles. The van der Waals surface area contributed by atoms with Gasteiger partial charge in [0, 0.05) is 24.2 Å². The Labute approximate surface area is 192 Å². The lowest BCUT2D eigenvalue weighted by molar-refractivity contribution is -0.126. The van der Waals surface area contributed by atoms with Crippen molar-refractivity contribution in [2.75, 3.05) is 11.4 Å². The van der Waals surface area contributed by atoms with Gasteiger partial charge in [-0.2, -0.15) is 5.10 Å². The van der Waals surface area contributed by atoms with Gasteiger partial charge >= 0.3 is 0 Å². The number of nitrogens with one attached hydrogen (secondary N) is 1. The molecule has 5 heteroatoms. The molecule has 1 saturated heterocycles. The molecule has 0 saturated carbocycles. The van der Waals surface area contributed by atoms with Crippen LogP contribution in [0.25, 0.3) is 21.5 Å². The van der Waals surface area contributed by atoms with Crippen molar-refractivity contribution < 1.29 is 9.59 Å². The van der Waals surface area contributed by atoms with E-state index in [-0.39, 0.29) is 18.2 Å². The van der Waals surface area contributed by atoms with Gasteiger partial charge in [0.15, 0.2) is 0 Å². The number of anilines is 1. The van der Waals surface area contributed by atoms with Crippen molar-refractivity contribution in [1.29, 1.82) is 0 Å². The highest BCUT2D eigenvalue weighted by Crippen LogP contribution is 2.28. The summed E-state index contributed by atoms with van der Waals surface area (Å²) in [5.74, 6) is -0.704. The van der Waals surface area contributed by atoms with Gasteiger partial charge in [-0.1, -0.05) is 67.6 Å². The SMILES string of the molecule is CCc1ccc(N2C[C@@H](C(=O)N/N=C/c3c4ccccc4cc4ccccc34)CC2=O)cc1. The molecule has 5 nitrogen and oxygen atoms in total. The molecule has 5 rings (SSSR count). The van der Waals surface area contributed by atoms with Gasteiger partial charge in [-0.3, -0.25) is 9.59 Å². The summed E-state index contributed by atoms with van der Waals surface area (Å²) < 4.78 is 0. The molecule has 1 aliphatic rings. The second-order valence-electron chi connectivity index (χ2n) is 8.39. The summed E-state index contributed by atoms with van der Waals surface area (Å²) in [4.78, 5) is 27.0. The van der Waals surface area contributed by atoms with E-state index < -0.39 is 5.92 Å². The summed E-state index contributed by atoms with van der Waals surface area (Å²) in [5, 5.41) is 8.67. The van der Waals surface area contributed by atoms with Crippen LogP contribution < -0.4 is 10.3 Å². The quantitative estimate of drug-likeness (QED) is 0.271. The number of benzene rings is 4. The van der Waals surface area contributed by atoms with E-state index in [4.69, 9.17) is 0 Å². The Morgan fingerprint density at radius 2 is 1.64 bits per heavy atom. The smallest absolute Gasteiger partial charge is 0.245 e. The Bertz CT molecular complexity index is 1320. The normalized spacial score (nSPS) is 16.2. The largest absolute Gasteiger partial charge is 0.312 e. The lowest BCUT2D eigenvalue weighted by atomic mass is 9.97. The zero-order valence-corrected chi connectivity index (χ0v) is 18.5. The van der Waals surface area contributed by atoms with Crippen LogP contribution in [0.15, 0.2) is 84.0 Å². The first-order valence-corrected chi connectivity index (χ1v) is 11.3. The van der Waals surface area contributed by atoms with E-state index in [9.17, 15) is 9.59 Å². The third-order valence-electron chi connectivity index (χ3n) is 6.33. The van der Waals surface area contributed by atoms with Crippen molar-refractivity contribution in [1.82, 2.24) is 5.43 Å². The van der Waals surface area contributed by atoms with Crippen LogP contribution in [0, 0.1) is 5.92 Å². The highest BCUT2D eigenvalue weighted by atomic mass is 16.2. The first-order valence-electron chi connectivity index (χ1n) is 11.3. The Morgan fingerprint density at radius 1 is 1.00 bits per heavy atom. The number of aryl methyl sites for hydroxylation is 1. The van der Waals surface area contributed by atoms with Crippen LogP contribution in [0.5, 0.6) is 0 Å². The summed E-state index contributed by atoms with van der Waals surface area (Å²) >= 11 is 0. The van der Waals surface area contributed by atoms with E-state index in [1.54, 1.807) is 11.1 Å². The Kier molecular flexibility index (Phi) is 5.61. The predicted molar refractivity (Wildman–Crippen MR) is 133 cm³/mol. The van der Waals surface area contributed by atoms with Gasteiger partial charge in [0.1, 0.15) is 0 Å². The topological polar surface area (TPSA) is 61.8 Å². The molecule has 1 atom stereocenters. The minimum Gasteiger partial charge on any atom is -0.312 e. The lowest BCUT2D eigenvalue weighted by Gasteiger charge is -2.16. The molecule has 0 aromatic heterocycles. The Morgan fingerprint density at radius 3 is 2.27 bits per heavy atom. The van der Waals surface area contributed by atoms with Crippen molar-refractivity contribution in [2.24, 2.45) is 11.0 Å². The van der Waals surface area contributed by atoms with Crippen LogP contribution in [0.1, 0.15) is 24.5 Å². The van der Waals surface area contributed by atoms with Crippen LogP contribution in [0.2, 0.25) is 0 Å². The Balaban J connectivity index is 1.33. The summed E-state index contributed by atoms with van der Waals surface area (Å²) in [5.41, 5.74) is 5.68. The maximum absolute atomic E-state index is 12.8. The fourth-order valence-corrected chi connectivity index (χ4v) is 4.48. The fraction of sp³-hybridized carbons (Fsp3) is 0.179. The molecular formula is C28H25N3O2. The molecule has 4 aromatic rings. The molecule has 0 bridgehead atoms. The molecule has 0 unspecified atom stereocenters. The number of hydrogen-bond acceptors (Lipinski definition) is 3. The molecule has 1 N–H and O–H groups in total. The van der Waals surface area contributed by atoms with Gasteiger partial charge in [-0.05, 0) is 51.7 Å². The summed E-state index contributed by atoms with van der Waals surface area (Å²) in [6.45, 7) is 2.46. The molecule has 0 aliphatic carbocycles. The molecule has 0 spiro atoms.